The lowest BCUT2D eigenvalue weighted by Crippen LogP contribution is -2.69. The molecule has 0 unspecified atom stereocenters. The topological polar surface area (TPSA) is 46.3 Å². The minimum atomic E-state index is -0.105. The molecule has 0 radical (unpaired) electrons. The summed E-state index contributed by atoms with van der Waals surface area (Å²) in [5, 5.41) is 0. The Morgan fingerprint density at radius 3 is 2.40 bits per heavy atom. The summed E-state index contributed by atoms with van der Waals surface area (Å²) in [4.78, 5) is 14.6. The second-order valence-electron chi connectivity index (χ2n) is 7.46. The van der Waals surface area contributed by atoms with E-state index in [2.05, 4.69) is 26.8 Å². The Hall–Kier alpha value is -1.35. The highest BCUT2D eigenvalue weighted by molar-refractivity contribution is 5.96. The predicted molar refractivity (Wildman–Crippen MR) is 80.7 cm³/mol. The lowest BCUT2D eigenvalue weighted by Gasteiger charge is -2.48. The summed E-state index contributed by atoms with van der Waals surface area (Å²) in [5.74, 6) is 0.779. The molecule has 1 saturated carbocycles. The monoisotopic (exact) mass is 272 g/mol. The average molecular weight is 272 g/mol. The largest absolute Gasteiger partial charge is 0.335 e. The van der Waals surface area contributed by atoms with Crippen LogP contribution in [0.4, 0.5) is 0 Å². The molecule has 0 atom stereocenters. The number of benzene rings is 1. The lowest BCUT2D eigenvalue weighted by atomic mass is 9.81. The highest BCUT2D eigenvalue weighted by atomic mass is 16.2. The first-order chi connectivity index (χ1) is 9.31. The maximum absolute atomic E-state index is 12.7. The van der Waals surface area contributed by atoms with E-state index in [4.69, 9.17) is 5.73 Å². The van der Waals surface area contributed by atoms with Crippen LogP contribution >= 0.6 is 0 Å². The van der Waals surface area contributed by atoms with E-state index in [9.17, 15) is 4.79 Å². The quantitative estimate of drug-likeness (QED) is 0.899. The lowest BCUT2D eigenvalue weighted by molar-refractivity contribution is 0.0348. The molecule has 2 aliphatic rings. The zero-order valence-corrected chi connectivity index (χ0v) is 12.6. The zero-order valence-electron chi connectivity index (χ0n) is 12.6. The van der Waals surface area contributed by atoms with Crippen molar-refractivity contribution in [3.8, 4) is 0 Å². The molecule has 1 aliphatic carbocycles. The van der Waals surface area contributed by atoms with Gasteiger partial charge in [0, 0.05) is 18.7 Å². The van der Waals surface area contributed by atoms with Crippen LogP contribution in [0.3, 0.4) is 0 Å². The summed E-state index contributed by atoms with van der Waals surface area (Å²) in [6.45, 7) is 7.87. The van der Waals surface area contributed by atoms with E-state index in [1.165, 1.54) is 12.8 Å². The summed E-state index contributed by atoms with van der Waals surface area (Å²) in [6, 6.07) is 7.95. The van der Waals surface area contributed by atoms with Crippen LogP contribution in [0.25, 0.3) is 0 Å². The summed E-state index contributed by atoms with van der Waals surface area (Å²) < 4.78 is 0. The number of hydrogen-bond donors (Lipinski definition) is 1. The van der Waals surface area contributed by atoms with Gasteiger partial charge in [0.1, 0.15) is 0 Å². The number of carbonyl (C=O) groups is 1. The first kappa shape index (κ1) is 13.6. The van der Waals surface area contributed by atoms with Gasteiger partial charge in [-0.15, -0.1) is 0 Å². The Labute approximate surface area is 121 Å². The van der Waals surface area contributed by atoms with E-state index in [1.807, 2.05) is 23.1 Å². The minimum absolute atomic E-state index is 0.0204. The van der Waals surface area contributed by atoms with E-state index >= 15 is 0 Å². The second-order valence-corrected chi connectivity index (χ2v) is 7.46. The van der Waals surface area contributed by atoms with Crippen molar-refractivity contribution in [2.75, 3.05) is 13.1 Å². The maximum atomic E-state index is 12.7. The molecular weight excluding hydrogens is 248 g/mol. The molecule has 0 aromatic heterocycles. The zero-order chi connectivity index (χ0) is 14.5. The van der Waals surface area contributed by atoms with Crippen molar-refractivity contribution < 1.29 is 4.79 Å². The van der Waals surface area contributed by atoms with E-state index in [-0.39, 0.29) is 16.9 Å². The van der Waals surface area contributed by atoms with Crippen molar-refractivity contribution in [1.29, 1.82) is 0 Å². The fourth-order valence-electron chi connectivity index (χ4n) is 3.22. The Balaban J connectivity index is 1.79. The van der Waals surface area contributed by atoms with E-state index < -0.39 is 0 Å². The molecule has 1 aromatic rings. The van der Waals surface area contributed by atoms with Gasteiger partial charge in [0.2, 0.25) is 0 Å². The van der Waals surface area contributed by atoms with Gasteiger partial charge in [-0.25, -0.2) is 0 Å². The number of nitrogens with zero attached hydrogens (tertiary/aromatic N) is 1. The molecule has 3 rings (SSSR count). The number of nitrogens with two attached hydrogens (primary N) is 1. The van der Waals surface area contributed by atoms with Gasteiger partial charge in [-0.3, -0.25) is 4.79 Å². The molecule has 1 aromatic carbocycles. The molecule has 108 valence electrons. The molecule has 3 heteroatoms. The summed E-state index contributed by atoms with van der Waals surface area (Å²) in [7, 11) is 0. The summed E-state index contributed by atoms with van der Waals surface area (Å²) in [6.07, 6.45) is 2.47. The molecule has 0 spiro atoms. The van der Waals surface area contributed by atoms with Crippen molar-refractivity contribution in [2.45, 2.75) is 44.6 Å². The van der Waals surface area contributed by atoms with E-state index in [0.717, 1.165) is 24.2 Å². The highest BCUT2D eigenvalue weighted by Crippen LogP contribution is 2.43. The fourth-order valence-corrected chi connectivity index (χ4v) is 3.22. The van der Waals surface area contributed by atoms with Crippen LogP contribution in [-0.4, -0.2) is 29.4 Å². The van der Waals surface area contributed by atoms with Crippen LogP contribution in [0.1, 0.15) is 49.5 Å². The third kappa shape index (κ3) is 2.24. The smallest absolute Gasteiger partial charge is 0.254 e. The van der Waals surface area contributed by atoms with Crippen molar-refractivity contribution >= 4 is 5.91 Å². The molecule has 20 heavy (non-hydrogen) atoms. The number of amides is 1. The van der Waals surface area contributed by atoms with E-state index in [1.54, 1.807) is 0 Å². The number of likely N-dealkylation sites (tertiary alicyclic amines) is 1. The third-order valence-electron chi connectivity index (χ3n) is 4.61. The van der Waals surface area contributed by atoms with Crippen molar-refractivity contribution in [3.05, 3.63) is 35.4 Å². The number of rotatable bonds is 2. The van der Waals surface area contributed by atoms with Crippen LogP contribution in [-0.2, 0) is 5.41 Å². The van der Waals surface area contributed by atoms with Crippen molar-refractivity contribution in [3.63, 3.8) is 0 Å². The molecular formula is C17H24N2O. The SMILES string of the molecule is CC(C)(C)c1ccccc1C(=O)N1CC(N)(C2CC2)C1. The molecule has 1 amide bonds. The number of hydrogen-bond acceptors (Lipinski definition) is 2. The summed E-state index contributed by atoms with van der Waals surface area (Å²) in [5.41, 5.74) is 8.17. The van der Waals surface area contributed by atoms with Crippen LogP contribution in [0, 0.1) is 5.92 Å². The third-order valence-corrected chi connectivity index (χ3v) is 4.61. The summed E-state index contributed by atoms with van der Waals surface area (Å²) >= 11 is 0. The van der Waals surface area contributed by atoms with Crippen LogP contribution in [0.15, 0.2) is 24.3 Å². The fraction of sp³-hybridized carbons (Fsp3) is 0.588. The average Bonchev–Trinajstić information content (AvgIpc) is 3.17. The Kier molecular flexibility index (Phi) is 2.94. The Bertz CT molecular complexity index is 534. The normalized spacial score (nSPS) is 21.5. The Morgan fingerprint density at radius 1 is 1.25 bits per heavy atom. The minimum Gasteiger partial charge on any atom is -0.335 e. The van der Waals surface area contributed by atoms with Gasteiger partial charge >= 0.3 is 0 Å². The van der Waals surface area contributed by atoms with Gasteiger partial charge in [-0.2, -0.15) is 0 Å². The molecule has 0 bridgehead atoms. The molecule has 1 saturated heterocycles. The van der Waals surface area contributed by atoms with Gasteiger partial charge in [0.15, 0.2) is 0 Å². The highest BCUT2D eigenvalue weighted by Gasteiger charge is 2.51. The molecule has 1 heterocycles. The Morgan fingerprint density at radius 2 is 1.85 bits per heavy atom. The first-order valence-electron chi connectivity index (χ1n) is 7.49. The maximum Gasteiger partial charge on any atom is 0.254 e. The predicted octanol–water partition coefficient (Wildman–Crippen LogP) is 2.55. The second kappa shape index (κ2) is 4.32. The molecule has 1 aliphatic heterocycles. The molecule has 2 N–H and O–H groups in total. The van der Waals surface area contributed by atoms with E-state index in [0.29, 0.717) is 5.92 Å². The molecule has 3 nitrogen and oxygen atoms in total. The molecule has 2 fully saturated rings. The van der Waals surface area contributed by atoms with Gasteiger partial charge in [-0.1, -0.05) is 39.0 Å². The van der Waals surface area contributed by atoms with Gasteiger partial charge in [-0.05, 0) is 35.8 Å². The van der Waals surface area contributed by atoms with Crippen LogP contribution in [0.5, 0.6) is 0 Å². The standard InChI is InChI=1S/C17H24N2O/c1-16(2,3)14-7-5-4-6-13(14)15(20)19-10-17(18,11-19)12-8-9-12/h4-7,12H,8-11,18H2,1-3H3. The van der Waals surface area contributed by atoms with Crippen molar-refractivity contribution in [1.82, 2.24) is 4.90 Å². The van der Waals surface area contributed by atoms with Gasteiger partial charge < -0.3 is 10.6 Å². The van der Waals surface area contributed by atoms with Gasteiger partial charge in [0.05, 0.1) is 5.54 Å². The number of carbonyl (C=O) groups excluding carboxylic acids is 1. The van der Waals surface area contributed by atoms with Crippen LogP contribution < -0.4 is 5.73 Å². The van der Waals surface area contributed by atoms with Crippen molar-refractivity contribution in [2.24, 2.45) is 11.7 Å². The van der Waals surface area contributed by atoms with Crippen LogP contribution in [0.2, 0.25) is 0 Å². The van der Waals surface area contributed by atoms with Gasteiger partial charge in [0.25, 0.3) is 5.91 Å². The first-order valence-corrected chi connectivity index (χ1v) is 7.49.